The minimum atomic E-state index is -1.16. The highest BCUT2D eigenvalue weighted by molar-refractivity contribution is 5.87. The number of ether oxygens (including phenoxy) is 3. The summed E-state index contributed by atoms with van der Waals surface area (Å²) >= 11 is 0. The number of hydrogen-bond donors (Lipinski definition) is 3. The number of nitrogens with one attached hydrogen (secondary N) is 2. The molecule has 4 N–H and O–H groups in total. The van der Waals surface area contributed by atoms with Crippen LogP contribution in [-0.4, -0.2) is 50.0 Å². The second kappa shape index (κ2) is 10.3. The lowest BCUT2D eigenvalue weighted by atomic mass is 10.1. The van der Waals surface area contributed by atoms with E-state index in [0.29, 0.717) is 12.4 Å². The number of carbonyl (C=O) groups is 1. The highest BCUT2D eigenvalue weighted by Crippen LogP contribution is 2.28. The number of benzene rings is 1. The van der Waals surface area contributed by atoms with Crippen LogP contribution in [-0.2, 0) is 9.47 Å². The van der Waals surface area contributed by atoms with Gasteiger partial charge >= 0.3 is 6.09 Å². The maximum Gasteiger partial charge on any atom is 0.405 e. The van der Waals surface area contributed by atoms with Gasteiger partial charge in [0, 0.05) is 19.0 Å². The Labute approximate surface area is 152 Å². The number of halogens is 1. The number of primary amides is 1. The summed E-state index contributed by atoms with van der Waals surface area (Å²) in [6.07, 6.45) is -1.74. The maximum atomic E-state index is 14.2. The Hall–Kier alpha value is -2.68. The van der Waals surface area contributed by atoms with Crippen molar-refractivity contribution in [2.75, 3.05) is 27.2 Å². The molecule has 0 fully saturated rings. The molecule has 0 aromatic heterocycles. The van der Waals surface area contributed by atoms with Gasteiger partial charge in [-0.15, -0.1) is 0 Å². The van der Waals surface area contributed by atoms with Crippen molar-refractivity contribution in [2.24, 2.45) is 5.73 Å². The fourth-order valence-corrected chi connectivity index (χ4v) is 2.18. The summed E-state index contributed by atoms with van der Waals surface area (Å²) < 4.78 is 29.6. The van der Waals surface area contributed by atoms with E-state index in [4.69, 9.17) is 30.8 Å². The van der Waals surface area contributed by atoms with Crippen molar-refractivity contribution in [3.63, 3.8) is 0 Å². The van der Waals surface area contributed by atoms with E-state index < -0.39 is 18.0 Å². The Bertz CT molecular complexity index is 652. The minimum Gasteiger partial charge on any atom is -0.494 e. The van der Waals surface area contributed by atoms with Gasteiger partial charge in [0.2, 0.25) is 0 Å². The Morgan fingerprint density at radius 3 is 2.62 bits per heavy atom. The summed E-state index contributed by atoms with van der Waals surface area (Å²) in [6.45, 7) is 2.64. The van der Waals surface area contributed by atoms with Gasteiger partial charge in [-0.3, -0.25) is 10.8 Å². The topological polar surface area (TPSA) is 122 Å². The monoisotopic (exact) mass is 368 g/mol. The number of amides is 1. The molecule has 26 heavy (non-hydrogen) atoms. The molecule has 0 heterocycles. The predicted molar refractivity (Wildman–Crippen MR) is 95.3 cm³/mol. The van der Waals surface area contributed by atoms with Crippen LogP contribution in [0.5, 0.6) is 5.75 Å². The van der Waals surface area contributed by atoms with Gasteiger partial charge in [-0.05, 0) is 38.7 Å². The van der Waals surface area contributed by atoms with Gasteiger partial charge in [-0.25, -0.2) is 9.18 Å². The van der Waals surface area contributed by atoms with Crippen molar-refractivity contribution in [3.8, 4) is 5.75 Å². The molecule has 8 nitrogen and oxygen atoms in total. The van der Waals surface area contributed by atoms with Crippen LogP contribution < -0.4 is 10.5 Å². The first-order chi connectivity index (χ1) is 12.2. The molecule has 1 atom stereocenters. The number of rotatable bonds is 9. The van der Waals surface area contributed by atoms with Gasteiger partial charge in [0.25, 0.3) is 0 Å². The number of carbonyl (C=O) groups excluding carboxylic acids is 1. The molecule has 0 saturated heterocycles. The number of nitrogens with two attached hydrogens (primary N) is 1. The summed E-state index contributed by atoms with van der Waals surface area (Å²) in [4.78, 5) is 13.2. The van der Waals surface area contributed by atoms with Gasteiger partial charge in [-0.1, -0.05) is 0 Å². The lowest BCUT2D eigenvalue weighted by molar-refractivity contribution is 0.106. The number of nitrogens with zero attached hydrogens (tertiary/aromatic N) is 1. The van der Waals surface area contributed by atoms with Gasteiger partial charge in [0.15, 0.2) is 11.8 Å². The average molecular weight is 368 g/mol. The van der Waals surface area contributed by atoms with Crippen LogP contribution in [0.2, 0.25) is 0 Å². The molecule has 144 valence electrons. The first-order valence-corrected chi connectivity index (χ1v) is 8.02. The van der Waals surface area contributed by atoms with E-state index in [-0.39, 0.29) is 23.8 Å². The molecule has 0 aliphatic heterocycles. The molecule has 1 unspecified atom stereocenters. The Morgan fingerprint density at radius 1 is 1.35 bits per heavy atom. The smallest absolute Gasteiger partial charge is 0.405 e. The molecule has 0 aliphatic rings. The fraction of sp³-hybridized carbons (Fsp3) is 0.471. The molecule has 0 saturated carbocycles. The zero-order valence-electron chi connectivity index (χ0n) is 15.2. The second-order valence-corrected chi connectivity index (χ2v) is 5.90. The largest absolute Gasteiger partial charge is 0.494 e. The standard InChI is InChI=1S/C17H25FN4O4/c1-11(19)25-16(20)10-15(26-17(21)23)13-9-12(5-6-14(13)18)24-8-4-7-22(2)3/h5-6,9,15,19-20H,4,7-8,10H2,1-3H3,(H2,21,23). The van der Waals surface area contributed by atoms with Gasteiger partial charge in [0.05, 0.1) is 13.0 Å². The molecular weight excluding hydrogens is 343 g/mol. The highest BCUT2D eigenvalue weighted by atomic mass is 19.1. The van der Waals surface area contributed by atoms with E-state index in [9.17, 15) is 9.18 Å². The summed E-state index contributed by atoms with van der Waals surface area (Å²) in [7, 11) is 3.91. The van der Waals surface area contributed by atoms with E-state index in [0.717, 1.165) is 13.0 Å². The summed E-state index contributed by atoms with van der Waals surface area (Å²) in [5.41, 5.74) is 5.07. The lowest BCUT2D eigenvalue weighted by Crippen LogP contribution is -2.22. The third kappa shape index (κ3) is 7.93. The normalized spacial score (nSPS) is 11.7. The van der Waals surface area contributed by atoms with Crippen molar-refractivity contribution in [2.45, 2.75) is 25.9 Å². The third-order valence-electron chi connectivity index (χ3n) is 3.24. The lowest BCUT2D eigenvalue weighted by Gasteiger charge is -2.19. The third-order valence-corrected chi connectivity index (χ3v) is 3.24. The van der Waals surface area contributed by atoms with Crippen LogP contribution in [0.25, 0.3) is 0 Å². The van der Waals surface area contributed by atoms with Crippen molar-refractivity contribution in [3.05, 3.63) is 29.6 Å². The summed E-state index contributed by atoms with van der Waals surface area (Å²) in [5.74, 6) is -0.767. The van der Waals surface area contributed by atoms with Gasteiger partial charge < -0.3 is 24.8 Å². The van der Waals surface area contributed by atoms with E-state index in [2.05, 4.69) is 0 Å². The van der Waals surface area contributed by atoms with Crippen LogP contribution in [0.15, 0.2) is 18.2 Å². The van der Waals surface area contributed by atoms with Crippen molar-refractivity contribution in [1.29, 1.82) is 10.8 Å². The van der Waals surface area contributed by atoms with Gasteiger partial charge in [-0.2, -0.15) is 0 Å². The Balaban J connectivity index is 2.90. The predicted octanol–water partition coefficient (Wildman–Crippen LogP) is 2.67. The molecule has 9 heteroatoms. The van der Waals surface area contributed by atoms with Crippen LogP contribution >= 0.6 is 0 Å². The Kier molecular flexibility index (Phi) is 8.50. The zero-order valence-corrected chi connectivity index (χ0v) is 15.2. The fourth-order valence-electron chi connectivity index (χ4n) is 2.18. The molecule has 0 radical (unpaired) electrons. The summed E-state index contributed by atoms with van der Waals surface area (Å²) in [6, 6.07) is 4.07. The Morgan fingerprint density at radius 2 is 2.04 bits per heavy atom. The molecule has 0 bridgehead atoms. The zero-order chi connectivity index (χ0) is 19.7. The van der Waals surface area contributed by atoms with Gasteiger partial charge in [0.1, 0.15) is 17.7 Å². The van der Waals surface area contributed by atoms with Crippen molar-refractivity contribution < 1.29 is 23.4 Å². The molecule has 1 aromatic carbocycles. The van der Waals surface area contributed by atoms with Crippen LogP contribution in [0.1, 0.15) is 31.4 Å². The second-order valence-electron chi connectivity index (χ2n) is 5.90. The summed E-state index contributed by atoms with van der Waals surface area (Å²) in [5, 5.41) is 14.9. The average Bonchev–Trinajstić information content (AvgIpc) is 2.51. The molecule has 1 amide bonds. The SMILES string of the molecule is CC(=N)OC(=N)CC(OC(N)=O)c1cc(OCCCN(C)C)ccc1F. The van der Waals surface area contributed by atoms with Crippen LogP contribution in [0.3, 0.4) is 0 Å². The van der Waals surface area contributed by atoms with Crippen molar-refractivity contribution >= 4 is 17.9 Å². The maximum absolute atomic E-state index is 14.2. The first-order valence-electron chi connectivity index (χ1n) is 8.02. The van der Waals surface area contributed by atoms with Crippen molar-refractivity contribution in [1.82, 2.24) is 4.90 Å². The molecule has 0 spiro atoms. The van der Waals surface area contributed by atoms with Crippen LogP contribution in [0, 0.1) is 16.6 Å². The molecule has 1 aromatic rings. The van der Waals surface area contributed by atoms with E-state index >= 15 is 0 Å². The first kappa shape index (κ1) is 21.4. The molecular formula is C17H25FN4O4. The number of hydrogen-bond acceptors (Lipinski definition) is 7. The highest BCUT2D eigenvalue weighted by Gasteiger charge is 2.23. The van der Waals surface area contributed by atoms with E-state index in [1.807, 2.05) is 19.0 Å². The quantitative estimate of drug-likeness (QED) is 0.351. The van der Waals surface area contributed by atoms with Crippen LogP contribution in [0.4, 0.5) is 9.18 Å². The molecule has 1 rings (SSSR count). The molecule has 0 aliphatic carbocycles. The van der Waals surface area contributed by atoms with E-state index in [1.54, 1.807) is 0 Å². The minimum absolute atomic E-state index is 0.0184. The van der Waals surface area contributed by atoms with E-state index in [1.165, 1.54) is 25.1 Å².